The second kappa shape index (κ2) is 5.81. The molecule has 0 bridgehead atoms. The summed E-state index contributed by atoms with van der Waals surface area (Å²) in [6.07, 6.45) is 0. The van der Waals surface area contributed by atoms with Gasteiger partial charge in [0, 0.05) is 10.7 Å². The Morgan fingerprint density at radius 1 is 1.32 bits per heavy atom. The average molecular weight is 322 g/mol. The number of carboxylic acid groups (broad SMARTS) is 1. The van der Waals surface area contributed by atoms with E-state index in [1.54, 1.807) is 35.9 Å². The Morgan fingerprint density at radius 3 is 2.59 bits per heavy atom. The van der Waals surface area contributed by atoms with Crippen LogP contribution in [0, 0.1) is 6.92 Å². The molecule has 0 aliphatic carbocycles. The largest absolute Gasteiger partial charge is 0.480 e. The number of carbonyl (C=O) groups excluding carboxylic acids is 1. The van der Waals surface area contributed by atoms with Crippen molar-refractivity contribution in [2.75, 3.05) is 0 Å². The normalized spacial score (nSPS) is 11.3. The number of aryl methyl sites for hydroxylation is 1. The van der Waals surface area contributed by atoms with Gasteiger partial charge in [-0.25, -0.2) is 9.48 Å². The Kier molecular flexibility index (Phi) is 4.23. The van der Waals surface area contributed by atoms with Crippen LogP contribution in [0.4, 0.5) is 0 Å². The lowest BCUT2D eigenvalue weighted by Gasteiger charge is -2.20. The number of nitrogens with zero attached hydrogens (tertiary/aromatic N) is 2. The molecule has 2 rings (SSSR count). The Hall–Kier alpha value is -2.34. The van der Waals surface area contributed by atoms with E-state index in [0.717, 1.165) is 11.4 Å². The summed E-state index contributed by atoms with van der Waals surface area (Å²) in [5.41, 5.74) is 0.235. The smallest absolute Gasteiger partial charge is 0.328 e. The number of amides is 1. The molecule has 0 radical (unpaired) electrons. The van der Waals surface area contributed by atoms with Crippen LogP contribution in [-0.2, 0) is 4.79 Å². The molecule has 1 heterocycles. The first-order valence-electron chi connectivity index (χ1n) is 6.59. The fourth-order valence-electron chi connectivity index (χ4n) is 1.86. The average Bonchev–Trinajstić information content (AvgIpc) is 2.80. The van der Waals surface area contributed by atoms with Crippen molar-refractivity contribution in [1.82, 2.24) is 15.1 Å². The number of hydrogen-bond donors (Lipinski definition) is 2. The molecule has 0 unspecified atom stereocenters. The first kappa shape index (κ1) is 16.0. The van der Waals surface area contributed by atoms with Gasteiger partial charge in [-0.3, -0.25) is 4.79 Å². The molecule has 22 heavy (non-hydrogen) atoms. The summed E-state index contributed by atoms with van der Waals surface area (Å²) in [6, 6.07) is 8.66. The van der Waals surface area contributed by atoms with Gasteiger partial charge in [-0.2, -0.15) is 5.10 Å². The van der Waals surface area contributed by atoms with Crippen LogP contribution in [0.15, 0.2) is 30.3 Å². The van der Waals surface area contributed by atoms with E-state index in [1.165, 1.54) is 13.8 Å². The molecule has 0 saturated carbocycles. The van der Waals surface area contributed by atoms with Crippen LogP contribution in [0.25, 0.3) is 5.69 Å². The molecule has 1 amide bonds. The predicted octanol–water partition coefficient (Wildman–Crippen LogP) is 2.43. The van der Waals surface area contributed by atoms with E-state index in [2.05, 4.69) is 10.4 Å². The zero-order valence-electron chi connectivity index (χ0n) is 12.4. The summed E-state index contributed by atoms with van der Waals surface area (Å²) < 4.78 is 1.58. The molecule has 7 heteroatoms. The number of nitrogens with one attached hydrogen (secondary N) is 1. The predicted molar refractivity (Wildman–Crippen MR) is 82.5 cm³/mol. The van der Waals surface area contributed by atoms with Crippen LogP contribution in [0.2, 0.25) is 5.02 Å². The summed E-state index contributed by atoms with van der Waals surface area (Å²) >= 11 is 5.95. The number of rotatable bonds is 4. The lowest BCUT2D eigenvalue weighted by atomic mass is 10.1. The van der Waals surface area contributed by atoms with Crippen molar-refractivity contribution < 1.29 is 14.7 Å². The zero-order valence-corrected chi connectivity index (χ0v) is 13.2. The van der Waals surface area contributed by atoms with Crippen LogP contribution >= 0.6 is 11.6 Å². The summed E-state index contributed by atoms with van der Waals surface area (Å²) in [5, 5.41) is 16.3. The van der Waals surface area contributed by atoms with Gasteiger partial charge in [0.05, 0.1) is 5.69 Å². The highest BCUT2D eigenvalue weighted by atomic mass is 35.5. The highest BCUT2D eigenvalue weighted by molar-refractivity contribution is 6.30. The molecule has 1 aromatic carbocycles. The number of hydrogen-bond acceptors (Lipinski definition) is 3. The van der Waals surface area contributed by atoms with Gasteiger partial charge < -0.3 is 10.4 Å². The fourth-order valence-corrected chi connectivity index (χ4v) is 2.04. The lowest BCUT2D eigenvalue weighted by Crippen LogP contribution is -2.49. The SMILES string of the molecule is Cc1cc(C(=O)NC(C)(C)C(=O)O)nn1-c1cccc(Cl)c1. The molecule has 116 valence electrons. The monoisotopic (exact) mass is 321 g/mol. The van der Waals surface area contributed by atoms with Crippen LogP contribution in [0.1, 0.15) is 30.0 Å². The third kappa shape index (κ3) is 3.28. The van der Waals surface area contributed by atoms with E-state index in [1.807, 2.05) is 6.07 Å². The quantitative estimate of drug-likeness (QED) is 0.905. The van der Waals surface area contributed by atoms with Crippen molar-refractivity contribution in [3.8, 4) is 5.69 Å². The molecule has 2 aromatic rings. The third-order valence-corrected chi connectivity index (χ3v) is 3.37. The first-order valence-corrected chi connectivity index (χ1v) is 6.97. The van der Waals surface area contributed by atoms with Crippen LogP contribution in [-0.4, -0.2) is 32.3 Å². The molecule has 0 atom stereocenters. The van der Waals surface area contributed by atoms with Gasteiger partial charge in [-0.15, -0.1) is 0 Å². The van der Waals surface area contributed by atoms with Crippen molar-refractivity contribution in [2.24, 2.45) is 0 Å². The topological polar surface area (TPSA) is 84.2 Å². The number of carboxylic acids is 1. The summed E-state index contributed by atoms with van der Waals surface area (Å²) in [7, 11) is 0. The number of aliphatic carboxylic acids is 1. The van der Waals surface area contributed by atoms with Crippen molar-refractivity contribution in [3.05, 3.63) is 46.7 Å². The van der Waals surface area contributed by atoms with Crippen LogP contribution in [0.5, 0.6) is 0 Å². The molecule has 1 aromatic heterocycles. The maximum atomic E-state index is 12.2. The van der Waals surface area contributed by atoms with Gasteiger partial charge in [0.1, 0.15) is 5.54 Å². The number of aromatic nitrogens is 2. The van der Waals surface area contributed by atoms with Gasteiger partial charge in [0.15, 0.2) is 5.69 Å². The third-order valence-electron chi connectivity index (χ3n) is 3.13. The van der Waals surface area contributed by atoms with Gasteiger partial charge in [0.25, 0.3) is 5.91 Å². The molecular formula is C15H16ClN3O3. The van der Waals surface area contributed by atoms with E-state index >= 15 is 0 Å². The standard InChI is InChI=1S/C15H16ClN3O3/c1-9-7-12(13(20)17-15(2,3)14(21)22)18-19(9)11-6-4-5-10(16)8-11/h4-8H,1-3H3,(H,17,20)(H,21,22). The highest BCUT2D eigenvalue weighted by Gasteiger charge is 2.30. The molecule has 0 saturated heterocycles. The number of halogens is 1. The maximum absolute atomic E-state index is 12.2. The van der Waals surface area contributed by atoms with E-state index in [-0.39, 0.29) is 5.69 Å². The fraction of sp³-hybridized carbons (Fsp3) is 0.267. The molecule has 2 N–H and O–H groups in total. The Balaban J connectivity index is 2.30. The van der Waals surface area contributed by atoms with Crippen LogP contribution in [0.3, 0.4) is 0 Å². The Morgan fingerprint density at radius 2 is 2.00 bits per heavy atom. The van der Waals surface area contributed by atoms with Gasteiger partial charge in [0.2, 0.25) is 0 Å². The van der Waals surface area contributed by atoms with Crippen molar-refractivity contribution in [3.63, 3.8) is 0 Å². The van der Waals surface area contributed by atoms with Crippen molar-refractivity contribution in [2.45, 2.75) is 26.3 Å². The van der Waals surface area contributed by atoms with Gasteiger partial charge >= 0.3 is 5.97 Å². The summed E-state index contributed by atoms with van der Waals surface area (Å²) in [4.78, 5) is 23.2. The van der Waals surface area contributed by atoms with Gasteiger partial charge in [-0.05, 0) is 45.0 Å². The van der Waals surface area contributed by atoms with E-state index in [0.29, 0.717) is 5.02 Å². The minimum atomic E-state index is -1.37. The second-order valence-corrected chi connectivity index (χ2v) is 5.88. The molecular weight excluding hydrogens is 306 g/mol. The molecule has 0 aliphatic heterocycles. The van der Waals surface area contributed by atoms with Gasteiger partial charge in [-0.1, -0.05) is 17.7 Å². The summed E-state index contributed by atoms with van der Waals surface area (Å²) in [6.45, 7) is 4.62. The van der Waals surface area contributed by atoms with E-state index in [9.17, 15) is 9.59 Å². The minimum absolute atomic E-state index is 0.145. The number of carbonyl (C=O) groups is 2. The van der Waals surface area contributed by atoms with E-state index in [4.69, 9.17) is 16.7 Å². The minimum Gasteiger partial charge on any atom is -0.480 e. The van der Waals surface area contributed by atoms with Crippen molar-refractivity contribution >= 4 is 23.5 Å². The maximum Gasteiger partial charge on any atom is 0.328 e. The summed E-state index contributed by atoms with van der Waals surface area (Å²) in [5.74, 6) is -1.66. The first-order chi connectivity index (χ1) is 10.2. The van der Waals surface area contributed by atoms with Crippen molar-refractivity contribution in [1.29, 1.82) is 0 Å². The zero-order chi connectivity index (χ0) is 16.5. The Labute approximate surface area is 132 Å². The molecule has 0 spiro atoms. The molecule has 0 fully saturated rings. The number of benzene rings is 1. The molecule has 6 nitrogen and oxygen atoms in total. The highest BCUT2D eigenvalue weighted by Crippen LogP contribution is 2.17. The second-order valence-electron chi connectivity index (χ2n) is 5.45. The Bertz CT molecular complexity index is 737. The van der Waals surface area contributed by atoms with Crippen LogP contribution < -0.4 is 5.32 Å². The molecule has 0 aliphatic rings. The lowest BCUT2D eigenvalue weighted by molar-refractivity contribution is -0.143. The van der Waals surface area contributed by atoms with E-state index < -0.39 is 17.4 Å².